The Kier molecular flexibility index (Phi) is 9.96. The van der Waals surface area contributed by atoms with Gasteiger partial charge in [-0.2, -0.15) is 4.98 Å². The molecule has 4 atom stereocenters. The zero-order valence-corrected chi connectivity index (χ0v) is 25.4. The molecule has 3 heterocycles. The highest BCUT2D eigenvalue weighted by Crippen LogP contribution is 2.35. The normalized spacial score (nSPS) is 21.0. The van der Waals surface area contributed by atoms with E-state index in [4.69, 9.17) is 36.0 Å². The second-order valence-corrected chi connectivity index (χ2v) is 11.8. The molecule has 3 aromatic carbocycles. The summed E-state index contributed by atoms with van der Waals surface area (Å²) in [7, 11) is 0. The summed E-state index contributed by atoms with van der Waals surface area (Å²) in [5.41, 5.74) is 6.62. The second-order valence-electron chi connectivity index (χ2n) is 11.4. The zero-order chi connectivity index (χ0) is 31.3. The highest BCUT2D eigenvalue weighted by Gasteiger charge is 2.48. The van der Waals surface area contributed by atoms with E-state index in [0.717, 1.165) is 38.9 Å². The quantitative estimate of drug-likeness (QED) is 0.121. The van der Waals surface area contributed by atoms with Crippen LogP contribution in [0.3, 0.4) is 0 Å². The number of halogens is 1. The van der Waals surface area contributed by atoms with Crippen molar-refractivity contribution in [1.29, 1.82) is 0 Å². The molecular weight excluding hydrogens is 600 g/mol. The van der Waals surface area contributed by atoms with Gasteiger partial charge < -0.3 is 45.1 Å². The Morgan fingerprint density at radius 3 is 2.42 bits per heavy atom. The molecule has 0 spiro atoms. The summed E-state index contributed by atoms with van der Waals surface area (Å²) in [5.74, 6) is -0.182. The SMILES string of the molecule is O=C(CCCNCc1ccc(-c2ccc(-c3cc4nc(OC5COC6C(O)COC56)[nH]c4cc3Cl)cc2)cc1)NC(CO)CO. The van der Waals surface area contributed by atoms with E-state index in [1.54, 1.807) is 0 Å². The fourth-order valence-corrected chi connectivity index (χ4v) is 5.96. The summed E-state index contributed by atoms with van der Waals surface area (Å²) in [6.07, 6.45) is -0.708. The van der Waals surface area contributed by atoms with Crippen LogP contribution < -0.4 is 15.4 Å². The van der Waals surface area contributed by atoms with E-state index in [1.165, 1.54) is 0 Å². The Morgan fingerprint density at radius 1 is 1.00 bits per heavy atom. The number of hydrogen-bond donors (Lipinski definition) is 6. The van der Waals surface area contributed by atoms with Crippen LogP contribution in [0.4, 0.5) is 0 Å². The Balaban J connectivity index is 1.03. The minimum absolute atomic E-state index is 0.182. The molecule has 2 saturated heterocycles. The van der Waals surface area contributed by atoms with Crippen molar-refractivity contribution in [2.75, 3.05) is 33.0 Å². The van der Waals surface area contributed by atoms with Crippen molar-refractivity contribution >= 4 is 28.5 Å². The van der Waals surface area contributed by atoms with Crippen molar-refractivity contribution in [2.45, 2.75) is 49.8 Å². The standard InChI is InChI=1S/C33H37ClN4O7/c34-25-13-27-26(37-33(38-27)45-29-18-44-31-28(41)17-43-32(29)31)12-24(25)22-9-7-21(8-10-22)20-5-3-19(4-6-20)14-35-11-1-2-30(42)36-23(15-39)16-40/h3-10,12-13,23,28-29,31-32,35,39-41H,1-2,11,14-18H2,(H,36,42)(H,37,38). The van der Waals surface area contributed by atoms with E-state index in [0.29, 0.717) is 43.6 Å². The summed E-state index contributed by atoms with van der Waals surface area (Å²) in [6, 6.07) is 20.1. The highest BCUT2D eigenvalue weighted by atomic mass is 35.5. The molecule has 2 fully saturated rings. The minimum Gasteiger partial charge on any atom is -0.456 e. The minimum atomic E-state index is -0.639. The Labute approximate surface area is 265 Å². The van der Waals surface area contributed by atoms with Gasteiger partial charge in [0.05, 0.1) is 48.5 Å². The maximum absolute atomic E-state index is 11.8. The van der Waals surface area contributed by atoms with E-state index in [1.807, 2.05) is 24.3 Å². The Hall–Kier alpha value is -3.55. The van der Waals surface area contributed by atoms with Crippen LogP contribution >= 0.6 is 11.6 Å². The monoisotopic (exact) mass is 636 g/mol. The first-order chi connectivity index (χ1) is 21.9. The lowest BCUT2D eigenvalue weighted by molar-refractivity contribution is -0.122. The number of benzene rings is 3. The van der Waals surface area contributed by atoms with Gasteiger partial charge in [-0.15, -0.1) is 0 Å². The van der Waals surface area contributed by atoms with Crippen LogP contribution in [0.25, 0.3) is 33.3 Å². The third-order valence-corrected chi connectivity index (χ3v) is 8.48. The number of carbonyl (C=O) groups excluding carboxylic acids is 1. The molecule has 1 aromatic heterocycles. The smallest absolute Gasteiger partial charge is 0.295 e. The van der Waals surface area contributed by atoms with Gasteiger partial charge in [0.15, 0.2) is 6.10 Å². The lowest BCUT2D eigenvalue weighted by Crippen LogP contribution is -2.40. The third-order valence-electron chi connectivity index (χ3n) is 8.17. The maximum atomic E-state index is 11.8. The van der Waals surface area contributed by atoms with Crippen LogP contribution in [0, 0.1) is 0 Å². The largest absolute Gasteiger partial charge is 0.456 e. The lowest BCUT2D eigenvalue weighted by Gasteiger charge is -2.15. The van der Waals surface area contributed by atoms with Crippen molar-refractivity contribution in [3.8, 4) is 28.3 Å². The van der Waals surface area contributed by atoms with Gasteiger partial charge >= 0.3 is 0 Å². The number of imidazole rings is 1. The zero-order valence-electron chi connectivity index (χ0n) is 24.6. The van der Waals surface area contributed by atoms with Crippen LogP contribution in [-0.2, 0) is 20.8 Å². The van der Waals surface area contributed by atoms with Crippen LogP contribution in [0.5, 0.6) is 6.01 Å². The van der Waals surface area contributed by atoms with Gasteiger partial charge in [0, 0.05) is 18.5 Å². The van der Waals surface area contributed by atoms with Gasteiger partial charge in [0.1, 0.15) is 18.3 Å². The third kappa shape index (κ3) is 7.31. The van der Waals surface area contributed by atoms with E-state index >= 15 is 0 Å². The fraction of sp³-hybridized carbons (Fsp3) is 0.394. The number of hydrogen-bond acceptors (Lipinski definition) is 9. The molecule has 12 heteroatoms. The first-order valence-corrected chi connectivity index (χ1v) is 15.5. The molecule has 4 aromatic rings. The number of nitrogens with zero attached hydrogens (tertiary/aromatic N) is 1. The van der Waals surface area contributed by atoms with Gasteiger partial charge in [-0.1, -0.05) is 60.1 Å². The molecular formula is C33H37ClN4O7. The van der Waals surface area contributed by atoms with Crippen molar-refractivity contribution in [1.82, 2.24) is 20.6 Å². The van der Waals surface area contributed by atoms with Crippen molar-refractivity contribution in [3.05, 3.63) is 71.2 Å². The highest BCUT2D eigenvalue weighted by molar-refractivity contribution is 6.34. The van der Waals surface area contributed by atoms with Crippen molar-refractivity contribution < 1.29 is 34.3 Å². The Bertz CT molecular complexity index is 1590. The fourth-order valence-electron chi connectivity index (χ4n) is 5.69. The number of fused-ring (bicyclic) bond motifs is 2. The molecule has 0 aliphatic carbocycles. The first-order valence-electron chi connectivity index (χ1n) is 15.1. The van der Waals surface area contributed by atoms with Gasteiger partial charge in [0.25, 0.3) is 6.01 Å². The molecule has 2 aliphatic heterocycles. The van der Waals surface area contributed by atoms with Crippen LogP contribution in [0.2, 0.25) is 5.02 Å². The number of aromatic nitrogens is 2. The predicted molar refractivity (Wildman–Crippen MR) is 169 cm³/mol. The van der Waals surface area contributed by atoms with Crippen LogP contribution in [0.1, 0.15) is 18.4 Å². The predicted octanol–water partition coefficient (Wildman–Crippen LogP) is 2.80. The van der Waals surface area contributed by atoms with Gasteiger partial charge in [0.2, 0.25) is 5.91 Å². The number of aliphatic hydroxyl groups excluding tert-OH is 3. The second kappa shape index (κ2) is 14.3. The molecule has 4 unspecified atom stereocenters. The number of rotatable bonds is 13. The number of aromatic amines is 1. The summed E-state index contributed by atoms with van der Waals surface area (Å²) in [6.45, 7) is 1.36. The molecule has 0 bridgehead atoms. The summed E-state index contributed by atoms with van der Waals surface area (Å²) in [4.78, 5) is 19.6. The Morgan fingerprint density at radius 2 is 1.69 bits per heavy atom. The maximum Gasteiger partial charge on any atom is 0.295 e. The molecule has 45 heavy (non-hydrogen) atoms. The number of H-pyrrole nitrogens is 1. The molecule has 238 valence electrons. The lowest BCUT2D eigenvalue weighted by atomic mass is 9.99. The van der Waals surface area contributed by atoms with Crippen LogP contribution in [-0.4, -0.2) is 94.6 Å². The number of ether oxygens (including phenoxy) is 3. The average molecular weight is 637 g/mol. The molecule has 6 rings (SSSR count). The molecule has 0 radical (unpaired) electrons. The van der Waals surface area contributed by atoms with Crippen LogP contribution in [0.15, 0.2) is 60.7 Å². The van der Waals surface area contributed by atoms with Crippen molar-refractivity contribution in [3.63, 3.8) is 0 Å². The van der Waals surface area contributed by atoms with E-state index in [2.05, 4.69) is 57.0 Å². The van der Waals surface area contributed by atoms with Gasteiger partial charge in [-0.25, -0.2) is 0 Å². The van der Waals surface area contributed by atoms with Crippen molar-refractivity contribution in [2.24, 2.45) is 0 Å². The number of aliphatic hydroxyl groups is 3. The molecule has 6 N–H and O–H groups in total. The number of carbonyl (C=O) groups is 1. The summed E-state index contributed by atoms with van der Waals surface area (Å²) >= 11 is 6.69. The molecule has 1 amide bonds. The van der Waals surface area contributed by atoms with Gasteiger partial charge in [-0.3, -0.25) is 4.79 Å². The molecule has 0 saturated carbocycles. The van der Waals surface area contributed by atoms with E-state index in [9.17, 15) is 9.90 Å². The first kappa shape index (κ1) is 31.4. The topological polar surface area (TPSA) is 158 Å². The van der Waals surface area contributed by atoms with E-state index in [-0.39, 0.29) is 44.0 Å². The summed E-state index contributed by atoms with van der Waals surface area (Å²) < 4.78 is 17.3. The average Bonchev–Trinajstić information content (AvgIpc) is 3.75. The molecule has 2 aliphatic rings. The van der Waals surface area contributed by atoms with Gasteiger partial charge in [-0.05, 0) is 47.4 Å². The van der Waals surface area contributed by atoms with E-state index < -0.39 is 12.1 Å². The number of amides is 1. The summed E-state index contributed by atoms with van der Waals surface area (Å²) in [5, 5.41) is 34.6. The number of nitrogens with one attached hydrogen (secondary N) is 3. The molecule has 11 nitrogen and oxygen atoms in total.